The van der Waals surface area contributed by atoms with Crippen molar-refractivity contribution in [1.29, 1.82) is 0 Å². The van der Waals surface area contributed by atoms with Crippen molar-refractivity contribution in [3.05, 3.63) is 35.4 Å². The molecule has 1 aromatic rings. The van der Waals surface area contributed by atoms with Crippen molar-refractivity contribution >= 4 is 11.9 Å². The Bertz CT molecular complexity index is 558. The first-order valence-electron chi connectivity index (χ1n) is 6.12. The van der Waals surface area contributed by atoms with E-state index in [0.29, 0.717) is 0 Å². The molecule has 0 radical (unpaired) electrons. The standard InChI is InChI=1S/C13H12F2N2O2/c14-10-3-1-2-8(12(10)15)6-17-11(18)7-16(13(17)19)9-4-5-9/h1-3,9H,4-7H2. The number of carbonyl (C=O) groups is 2. The zero-order valence-electron chi connectivity index (χ0n) is 10.1. The number of urea groups is 1. The summed E-state index contributed by atoms with van der Waals surface area (Å²) in [5, 5.41) is 0. The highest BCUT2D eigenvalue weighted by molar-refractivity contribution is 6.02. The Morgan fingerprint density at radius 1 is 1.21 bits per heavy atom. The molecule has 3 amide bonds. The van der Waals surface area contributed by atoms with E-state index >= 15 is 0 Å². The van der Waals surface area contributed by atoms with E-state index in [1.807, 2.05) is 0 Å². The molecule has 0 bridgehead atoms. The lowest BCUT2D eigenvalue weighted by molar-refractivity contribution is -0.125. The first-order chi connectivity index (χ1) is 9.08. The molecule has 2 fully saturated rings. The van der Waals surface area contributed by atoms with Gasteiger partial charge in [0.2, 0.25) is 0 Å². The van der Waals surface area contributed by atoms with Gasteiger partial charge in [0.1, 0.15) is 6.54 Å². The van der Waals surface area contributed by atoms with Gasteiger partial charge in [0.25, 0.3) is 5.91 Å². The third kappa shape index (κ3) is 2.07. The smallest absolute Gasteiger partial charge is 0.312 e. The third-order valence-electron chi connectivity index (χ3n) is 3.43. The number of hydrogen-bond donors (Lipinski definition) is 0. The lowest BCUT2D eigenvalue weighted by atomic mass is 10.2. The summed E-state index contributed by atoms with van der Waals surface area (Å²) >= 11 is 0. The monoisotopic (exact) mass is 266 g/mol. The SMILES string of the molecule is O=C1CN(C2CC2)C(=O)N1Cc1cccc(F)c1F. The molecule has 3 rings (SSSR count). The second kappa shape index (κ2) is 4.29. The molecule has 1 aliphatic heterocycles. The maximum atomic E-state index is 13.5. The number of hydrogen-bond acceptors (Lipinski definition) is 2. The number of halogens is 2. The summed E-state index contributed by atoms with van der Waals surface area (Å²) in [6.45, 7) is -0.176. The van der Waals surface area contributed by atoms with Crippen molar-refractivity contribution < 1.29 is 18.4 Å². The van der Waals surface area contributed by atoms with Gasteiger partial charge in [-0.2, -0.15) is 0 Å². The summed E-state index contributed by atoms with van der Waals surface area (Å²) in [7, 11) is 0. The molecule has 1 saturated heterocycles. The summed E-state index contributed by atoms with van der Waals surface area (Å²) in [5.41, 5.74) is 0.0133. The molecule has 4 nitrogen and oxygen atoms in total. The van der Waals surface area contributed by atoms with Crippen LogP contribution < -0.4 is 0 Å². The molecule has 6 heteroatoms. The van der Waals surface area contributed by atoms with Crippen molar-refractivity contribution in [2.45, 2.75) is 25.4 Å². The van der Waals surface area contributed by atoms with Crippen molar-refractivity contribution in [2.75, 3.05) is 6.54 Å². The van der Waals surface area contributed by atoms with Crippen LogP contribution in [0.15, 0.2) is 18.2 Å². The van der Waals surface area contributed by atoms with Gasteiger partial charge in [0, 0.05) is 11.6 Å². The molecule has 0 spiro atoms. The largest absolute Gasteiger partial charge is 0.327 e. The molecular weight excluding hydrogens is 254 g/mol. The first kappa shape index (κ1) is 12.1. The molecule has 0 atom stereocenters. The van der Waals surface area contributed by atoms with E-state index in [0.717, 1.165) is 23.8 Å². The van der Waals surface area contributed by atoms with E-state index in [1.54, 1.807) is 0 Å². The van der Waals surface area contributed by atoms with E-state index in [-0.39, 0.29) is 30.6 Å². The van der Waals surface area contributed by atoms with Crippen LogP contribution in [0.5, 0.6) is 0 Å². The molecule has 0 unspecified atom stereocenters. The maximum Gasteiger partial charge on any atom is 0.327 e. The quantitative estimate of drug-likeness (QED) is 0.784. The Kier molecular flexibility index (Phi) is 2.73. The fourth-order valence-corrected chi connectivity index (χ4v) is 2.23. The molecule has 1 heterocycles. The van der Waals surface area contributed by atoms with Gasteiger partial charge >= 0.3 is 6.03 Å². The average molecular weight is 266 g/mol. The highest BCUT2D eigenvalue weighted by Crippen LogP contribution is 2.31. The Hall–Kier alpha value is -1.98. The Morgan fingerprint density at radius 2 is 1.95 bits per heavy atom. The van der Waals surface area contributed by atoms with Crippen LogP contribution in [0, 0.1) is 11.6 Å². The zero-order valence-corrected chi connectivity index (χ0v) is 10.1. The minimum absolute atomic E-state index is 0.0133. The second-order valence-electron chi connectivity index (χ2n) is 4.83. The highest BCUT2D eigenvalue weighted by Gasteiger charge is 2.43. The van der Waals surface area contributed by atoms with Gasteiger partial charge in [-0.15, -0.1) is 0 Å². The van der Waals surface area contributed by atoms with Crippen LogP contribution in [0.25, 0.3) is 0 Å². The highest BCUT2D eigenvalue weighted by atomic mass is 19.2. The molecule has 100 valence electrons. The average Bonchev–Trinajstić information content (AvgIpc) is 3.17. The summed E-state index contributed by atoms with van der Waals surface area (Å²) in [6.07, 6.45) is 1.81. The molecule has 19 heavy (non-hydrogen) atoms. The molecule has 1 aliphatic carbocycles. The summed E-state index contributed by atoms with van der Waals surface area (Å²) in [4.78, 5) is 26.3. The van der Waals surface area contributed by atoms with E-state index < -0.39 is 17.7 Å². The van der Waals surface area contributed by atoms with Crippen LogP contribution in [0.4, 0.5) is 13.6 Å². The first-order valence-corrected chi connectivity index (χ1v) is 6.12. The topological polar surface area (TPSA) is 40.6 Å². The zero-order chi connectivity index (χ0) is 13.6. The number of benzene rings is 1. The lowest BCUT2D eigenvalue weighted by Gasteiger charge is -2.16. The van der Waals surface area contributed by atoms with Gasteiger partial charge in [-0.3, -0.25) is 9.69 Å². The Labute approximate surface area is 108 Å². The van der Waals surface area contributed by atoms with Gasteiger partial charge in [0.05, 0.1) is 6.54 Å². The van der Waals surface area contributed by atoms with Gasteiger partial charge in [0.15, 0.2) is 11.6 Å². The number of rotatable bonds is 3. The van der Waals surface area contributed by atoms with Crippen molar-refractivity contribution in [1.82, 2.24) is 9.80 Å². The number of nitrogens with zero attached hydrogens (tertiary/aromatic N) is 2. The second-order valence-corrected chi connectivity index (χ2v) is 4.83. The van der Waals surface area contributed by atoms with Crippen LogP contribution in [-0.4, -0.2) is 34.3 Å². The Balaban J connectivity index is 1.81. The van der Waals surface area contributed by atoms with Gasteiger partial charge in [-0.05, 0) is 18.9 Å². The number of carbonyl (C=O) groups excluding carboxylic acids is 2. The molecule has 0 N–H and O–H groups in total. The van der Waals surface area contributed by atoms with E-state index in [4.69, 9.17) is 0 Å². The van der Waals surface area contributed by atoms with E-state index in [2.05, 4.69) is 0 Å². The Morgan fingerprint density at radius 3 is 2.63 bits per heavy atom. The van der Waals surface area contributed by atoms with E-state index in [1.165, 1.54) is 17.0 Å². The van der Waals surface area contributed by atoms with Crippen LogP contribution >= 0.6 is 0 Å². The minimum Gasteiger partial charge on any atom is -0.312 e. The molecule has 0 aromatic heterocycles. The molecule has 1 saturated carbocycles. The van der Waals surface area contributed by atoms with E-state index in [9.17, 15) is 18.4 Å². The van der Waals surface area contributed by atoms with Crippen molar-refractivity contribution in [2.24, 2.45) is 0 Å². The molecular formula is C13H12F2N2O2. The van der Waals surface area contributed by atoms with Crippen LogP contribution in [0.3, 0.4) is 0 Å². The summed E-state index contributed by atoms with van der Waals surface area (Å²) < 4.78 is 26.6. The normalized spacial score (nSPS) is 19.5. The lowest BCUT2D eigenvalue weighted by Crippen LogP contribution is -2.34. The fourth-order valence-electron chi connectivity index (χ4n) is 2.23. The molecule has 2 aliphatic rings. The van der Waals surface area contributed by atoms with Gasteiger partial charge in [-0.25, -0.2) is 13.6 Å². The summed E-state index contributed by atoms with van der Waals surface area (Å²) in [6, 6.07) is 3.47. The summed E-state index contributed by atoms with van der Waals surface area (Å²) in [5.74, 6) is -2.34. The van der Waals surface area contributed by atoms with Gasteiger partial charge in [-0.1, -0.05) is 12.1 Å². The predicted molar refractivity (Wildman–Crippen MR) is 62.0 cm³/mol. The number of imide groups is 1. The van der Waals surface area contributed by atoms with Crippen LogP contribution in [-0.2, 0) is 11.3 Å². The molecule has 1 aromatic carbocycles. The van der Waals surface area contributed by atoms with Crippen LogP contribution in [0.2, 0.25) is 0 Å². The maximum absolute atomic E-state index is 13.5. The number of amides is 3. The van der Waals surface area contributed by atoms with Crippen LogP contribution in [0.1, 0.15) is 18.4 Å². The third-order valence-corrected chi connectivity index (χ3v) is 3.43. The van der Waals surface area contributed by atoms with Gasteiger partial charge < -0.3 is 4.90 Å². The van der Waals surface area contributed by atoms with Crippen molar-refractivity contribution in [3.8, 4) is 0 Å². The minimum atomic E-state index is -1.01. The predicted octanol–water partition coefficient (Wildman–Crippen LogP) is 1.89. The fraction of sp³-hybridized carbons (Fsp3) is 0.385. The van der Waals surface area contributed by atoms with Crippen molar-refractivity contribution in [3.63, 3.8) is 0 Å².